The Morgan fingerprint density at radius 2 is 1.71 bits per heavy atom. The molecule has 3 N–H and O–H groups in total. The summed E-state index contributed by atoms with van der Waals surface area (Å²) in [6.45, 7) is 11.7. The molecule has 0 fully saturated rings. The highest BCUT2D eigenvalue weighted by Crippen LogP contribution is 2.21. The number of rotatable bonds is 8. The van der Waals surface area contributed by atoms with E-state index in [1.54, 1.807) is 6.07 Å². The van der Waals surface area contributed by atoms with Crippen LogP contribution in [0.5, 0.6) is 0 Å². The molecule has 1 unspecified atom stereocenters. The first kappa shape index (κ1) is 17.9. The highest BCUT2D eigenvalue weighted by Gasteiger charge is 2.14. The Balaban J connectivity index is 2.59. The molecule has 0 spiro atoms. The lowest BCUT2D eigenvalue weighted by atomic mass is 10.0. The molecule has 0 saturated carbocycles. The predicted molar refractivity (Wildman–Crippen MR) is 86.5 cm³/mol. The highest BCUT2D eigenvalue weighted by molar-refractivity contribution is 5.43. The molecule has 1 atom stereocenters. The van der Waals surface area contributed by atoms with Gasteiger partial charge in [-0.3, -0.25) is 0 Å². The molecule has 120 valence electrons. The molecular formula is C17H29FN2O. The SMILES string of the molecule is CC(C)CN(CCC(O)c1ccc(F)c(N)c1)CC(C)C. The summed E-state index contributed by atoms with van der Waals surface area (Å²) < 4.78 is 13.1. The maximum absolute atomic E-state index is 13.1. The van der Waals surface area contributed by atoms with Crippen molar-refractivity contribution in [3.8, 4) is 0 Å². The van der Waals surface area contributed by atoms with Gasteiger partial charge in [0.05, 0.1) is 11.8 Å². The van der Waals surface area contributed by atoms with Crippen LogP contribution in [0.1, 0.15) is 45.8 Å². The Bertz CT molecular complexity index is 425. The van der Waals surface area contributed by atoms with Crippen molar-refractivity contribution in [2.24, 2.45) is 11.8 Å². The van der Waals surface area contributed by atoms with Crippen molar-refractivity contribution < 1.29 is 9.50 Å². The fourth-order valence-corrected chi connectivity index (χ4v) is 2.53. The molecule has 21 heavy (non-hydrogen) atoms. The van der Waals surface area contributed by atoms with E-state index < -0.39 is 11.9 Å². The fraction of sp³-hybridized carbons (Fsp3) is 0.647. The Morgan fingerprint density at radius 3 is 2.19 bits per heavy atom. The first-order valence-electron chi connectivity index (χ1n) is 7.75. The lowest BCUT2D eigenvalue weighted by Crippen LogP contribution is -2.33. The normalized spacial score (nSPS) is 13.4. The second-order valence-electron chi connectivity index (χ2n) is 6.63. The number of nitrogen functional groups attached to an aromatic ring is 1. The van der Waals surface area contributed by atoms with Crippen LogP contribution in [0, 0.1) is 17.7 Å². The van der Waals surface area contributed by atoms with Crippen molar-refractivity contribution in [3.63, 3.8) is 0 Å². The molecule has 3 nitrogen and oxygen atoms in total. The predicted octanol–water partition coefficient (Wildman–Crippen LogP) is 3.45. The molecule has 0 aliphatic heterocycles. The summed E-state index contributed by atoms with van der Waals surface area (Å²) in [6, 6.07) is 4.44. The van der Waals surface area contributed by atoms with E-state index >= 15 is 0 Å². The van der Waals surface area contributed by atoms with E-state index in [0.29, 0.717) is 23.8 Å². The van der Waals surface area contributed by atoms with Crippen molar-refractivity contribution in [1.82, 2.24) is 4.90 Å². The molecule has 0 radical (unpaired) electrons. The minimum atomic E-state index is -0.602. The second kappa shape index (κ2) is 8.35. The zero-order valence-electron chi connectivity index (χ0n) is 13.6. The van der Waals surface area contributed by atoms with Crippen LogP contribution in [0.15, 0.2) is 18.2 Å². The maximum atomic E-state index is 13.1. The first-order valence-corrected chi connectivity index (χ1v) is 7.75. The van der Waals surface area contributed by atoms with Gasteiger partial charge in [0.2, 0.25) is 0 Å². The third-order valence-electron chi connectivity index (χ3n) is 3.37. The van der Waals surface area contributed by atoms with Gasteiger partial charge in [0.25, 0.3) is 0 Å². The Morgan fingerprint density at radius 1 is 1.14 bits per heavy atom. The number of hydrogen-bond donors (Lipinski definition) is 2. The molecule has 0 aliphatic carbocycles. The number of benzene rings is 1. The molecule has 1 rings (SSSR count). The van der Waals surface area contributed by atoms with Crippen molar-refractivity contribution >= 4 is 5.69 Å². The summed E-state index contributed by atoms with van der Waals surface area (Å²) >= 11 is 0. The van der Waals surface area contributed by atoms with E-state index in [-0.39, 0.29) is 5.69 Å². The molecule has 0 aromatic heterocycles. The number of hydrogen-bond acceptors (Lipinski definition) is 3. The summed E-state index contributed by atoms with van der Waals surface area (Å²) in [7, 11) is 0. The summed E-state index contributed by atoms with van der Waals surface area (Å²) in [5, 5.41) is 10.2. The van der Waals surface area contributed by atoms with Crippen molar-refractivity contribution in [3.05, 3.63) is 29.6 Å². The number of aliphatic hydroxyl groups excluding tert-OH is 1. The molecule has 1 aromatic rings. The largest absolute Gasteiger partial charge is 0.396 e. The molecular weight excluding hydrogens is 267 g/mol. The first-order chi connectivity index (χ1) is 9.79. The zero-order valence-corrected chi connectivity index (χ0v) is 13.6. The average molecular weight is 296 g/mol. The van der Waals surface area contributed by atoms with Crippen molar-refractivity contribution in [2.75, 3.05) is 25.4 Å². The lowest BCUT2D eigenvalue weighted by Gasteiger charge is -2.27. The minimum Gasteiger partial charge on any atom is -0.396 e. The molecule has 0 amide bonds. The van der Waals surface area contributed by atoms with Gasteiger partial charge < -0.3 is 15.7 Å². The monoisotopic (exact) mass is 296 g/mol. The molecule has 0 saturated heterocycles. The summed E-state index contributed by atoms with van der Waals surface area (Å²) in [6.07, 6.45) is 0.0274. The highest BCUT2D eigenvalue weighted by atomic mass is 19.1. The Hall–Kier alpha value is -1.13. The van der Waals surface area contributed by atoms with Crippen LogP contribution < -0.4 is 5.73 Å². The van der Waals surface area contributed by atoms with Crippen molar-refractivity contribution in [1.29, 1.82) is 0 Å². The summed E-state index contributed by atoms with van der Waals surface area (Å²) in [5.41, 5.74) is 6.32. The van der Waals surface area contributed by atoms with Gasteiger partial charge >= 0.3 is 0 Å². The van der Waals surface area contributed by atoms with Crippen LogP contribution >= 0.6 is 0 Å². The number of aliphatic hydroxyl groups is 1. The molecule has 1 aromatic carbocycles. The van der Waals surface area contributed by atoms with E-state index in [2.05, 4.69) is 32.6 Å². The van der Waals surface area contributed by atoms with Crippen LogP contribution in [-0.4, -0.2) is 29.6 Å². The molecule has 0 heterocycles. The topological polar surface area (TPSA) is 49.5 Å². The molecule has 4 heteroatoms. The van der Waals surface area contributed by atoms with Gasteiger partial charge in [-0.1, -0.05) is 33.8 Å². The van der Waals surface area contributed by atoms with E-state index in [1.165, 1.54) is 12.1 Å². The number of halogens is 1. The van der Waals surface area contributed by atoms with Crippen LogP contribution in [0.3, 0.4) is 0 Å². The Labute approximate surface area is 128 Å². The van der Waals surface area contributed by atoms with Gasteiger partial charge in [0.1, 0.15) is 5.82 Å². The molecule has 0 bridgehead atoms. The third kappa shape index (κ3) is 6.44. The van der Waals surface area contributed by atoms with Crippen LogP contribution in [0.2, 0.25) is 0 Å². The number of nitrogens with two attached hydrogens (primary N) is 1. The minimum absolute atomic E-state index is 0.0905. The van der Waals surface area contributed by atoms with Gasteiger partial charge in [0, 0.05) is 19.6 Å². The number of nitrogens with zero attached hydrogens (tertiary/aromatic N) is 1. The average Bonchev–Trinajstić information content (AvgIpc) is 2.37. The maximum Gasteiger partial charge on any atom is 0.146 e. The van der Waals surface area contributed by atoms with Gasteiger partial charge in [0.15, 0.2) is 0 Å². The Kier molecular flexibility index (Phi) is 7.12. The van der Waals surface area contributed by atoms with Crippen LogP contribution in [0.25, 0.3) is 0 Å². The summed E-state index contributed by atoms with van der Waals surface area (Å²) in [4.78, 5) is 2.38. The van der Waals surface area contributed by atoms with E-state index in [1.807, 2.05) is 0 Å². The zero-order chi connectivity index (χ0) is 16.0. The van der Waals surface area contributed by atoms with Gasteiger partial charge in [-0.2, -0.15) is 0 Å². The van der Waals surface area contributed by atoms with Gasteiger partial charge in [-0.05, 0) is 36.0 Å². The summed E-state index contributed by atoms with van der Waals surface area (Å²) in [5.74, 6) is 0.761. The van der Waals surface area contributed by atoms with Gasteiger partial charge in [-0.25, -0.2) is 4.39 Å². The third-order valence-corrected chi connectivity index (χ3v) is 3.37. The standard InChI is InChI=1S/C17H29FN2O/c1-12(2)10-20(11-13(3)4)8-7-17(21)14-5-6-15(18)16(19)9-14/h5-6,9,12-13,17,21H,7-8,10-11,19H2,1-4H3. The van der Waals surface area contributed by atoms with E-state index in [9.17, 15) is 9.50 Å². The fourth-order valence-electron chi connectivity index (χ4n) is 2.53. The second-order valence-corrected chi connectivity index (χ2v) is 6.63. The lowest BCUT2D eigenvalue weighted by molar-refractivity contribution is 0.131. The number of anilines is 1. The van der Waals surface area contributed by atoms with E-state index in [4.69, 9.17) is 5.73 Å². The van der Waals surface area contributed by atoms with Crippen LogP contribution in [0.4, 0.5) is 10.1 Å². The van der Waals surface area contributed by atoms with Crippen molar-refractivity contribution in [2.45, 2.75) is 40.2 Å². The van der Waals surface area contributed by atoms with Crippen LogP contribution in [-0.2, 0) is 0 Å². The quantitative estimate of drug-likeness (QED) is 0.722. The van der Waals surface area contributed by atoms with Gasteiger partial charge in [-0.15, -0.1) is 0 Å². The molecule has 0 aliphatic rings. The smallest absolute Gasteiger partial charge is 0.146 e. The van der Waals surface area contributed by atoms with E-state index in [0.717, 1.165) is 19.6 Å².